The van der Waals surface area contributed by atoms with Crippen molar-refractivity contribution < 1.29 is 13.6 Å². The molecule has 10 heteroatoms. The molecule has 0 bridgehead atoms. The first-order valence-corrected chi connectivity index (χ1v) is 11.8. The van der Waals surface area contributed by atoms with Crippen molar-refractivity contribution >= 4 is 68.4 Å². The van der Waals surface area contributed by atoms with Crippen LogP contribution in [0.2, 0.25) is 5.02 Å². The van der Waals surface area contributed by atoms with Crippen molar-refractivity contribution in [2.24, 2.45) is 0 Å². The molecule has 3 rings (SSSR count). The topological polar surface area (TPSA) is 36.4 Å². The van der Waals surface area contributed by atoms with Crippen LogP contribution in [0.15, 0.2) is 41.3 Å². The van der Waals surface area contributed by atoms with Crippen LogP contribution in [0.4, 0.5) is 13.9 Å². The van der Waals surface area contributed by atoms with E-state index in [0.717, 1.165) is 35.4 Å². The molecule has 1 aromatic heterocycles. The quantitative estimate of drug-likeness (QED) is 0.328. The van der Waals surface area contributed by atoms with Gasteiger partial charge in [-0.2, -0.15) is 0 Å². The zero-order chi connectivity index (χ0) is 21.7. The largest absolute Gasteiger partial charge is 0.302 e. The van der Waals surface area contributed by atoms with Gasteiger partial charge in [-0.15, -0.1) is 24.2 Å². The van der Waals surface area contributed by atoms with Crippen molar-refractivity contribution in [3.05, 3.63) is 53.1 Å². The molecule has 0 N–H and O–H groups in total. The van der Waals surface area contributed by atoms with Crippen LogP contribution in [0, 0.1) is 11.6 Å². The summed E-state index contributed by atoms with van der Waals surface area (Å²) < 4.78 is 28.1. The summed E-state index contributed by atoms with van der Waals surface area (Å²) >= 11 is 8.43. The Morgan fingerprint density at radius 2 is 1.81 bits per heavy atom. The van der Waals surface area contributed by atoms with Gasteiger partial charge in [-0.3, -0.25) is 9.69 Å². The zero-order valence-electron chi connectivity index (χ0n) is 17.1. The maximum atomic E-state index is 14.1. The molecule has 0 spiro atoms. The van der Waals surface area contributed by atoms with Crippen LogP contribution in [0.25, 0.3) is 10.2 Å². The number of anilines is 1. The molecule has 0 unspecified atom stereocenters. The summed E-state index contributed by atoms with van der Waals surface area (Å²) in [5.41, 5.74) is 0.0855. The summed E-state index contributed by atoms with van der Waals surface area (Å²) in [6, 6.07) is 9.32. The number of halogens is 4. The SMILES string of the molecule is CCN(CC)CCN(C(=O)CSc1ccc(Cl)cc1)c1nc2c(F)cc(F)cc2s1.Cl. The van der Waals surface area contributed by atoms with E-state index in [-0.39, 0.29) is 29.6 Å². The highest BCUT2D eigenvalue weighted by atomic mass is 35.5. The molecule has 0 fully saturated rings. The molecule has 0 saturated heterocycles. The summed E-state index contributed by atoms with van der Waals surface area (Å²) in [6.45, 7) is 6.92. The summed E-state index contributed by atoms with van der Waals surface area (Å²) in [5.74, 6) is -1.32. The van der Waals surface area contributed by atoms with Gasteiger partial charge < -0.3 is 4.90 Å². The molecule has 0 aliphatic carbocycles. The lowest BCUT2D eigenvalue weighted by Crippen LogP contribution is -2.39. The Bertz CT molecular complexity index is 1010. The van der Waals surface area contributed by atoms with E-state index in [1.165, 1.54) is 17.8 Å². The lowest BCUT2D eigenvalue weighted by atomic mass is 10.3. The van der Waals surface area contributed by atoms with Crippen LogP contribution in [-0.4, -0.2) is 47.7 Å². The highest BCUT2D eigenvalue weighted by Crippen LogP contribution is 2.32. The van der Waals surface area contributed by atoms with E-state index >= 15 is 0 Å². The lowest BCUT2D eigenvalue weighted by Gasteiger charge is -2.24. The van der Waals surface area contributed by atoms with Gasteiger partial charge in [0.1, 0.15) is 11.3 Å². The molecule has 0 radical (unpaired) electrons. The van der Waals surface area contributed by atoms with E-state index in [2.05, 4.69) is 23.7 Å². The van der Waals surface area contributed by atoms with Gasteiger partial charge in [0, 0.05) is 29.1 Å². The number of rotatable bonds is 9. The third-order valence-corrected chi connectivity index (χ3v) is 6.92. The monoisotopic (exact) mass is 505 g/mol. The fourth-order valence-electron chi connectivity index (χ4n) is 2.92. The summed E-state index contributed by atoms with van der Waals surface area (Å²) in [6.07, 6.45) is 0. The number of aromatic nitrogens is 1. The Morgan fingerprint density at radius 1 is 1.13 bits per heavy atom. The number of fused-ring (bicyclic) bond motifs is 1. The number of thiazole rings is 1. The van der Waals surface area contributed by atoms with Gasteiger partial charge in [0.05, 0.1) is 10.5 Å². The highest BCUT2D eigenvalue weighted by Gasteiger charge is 2.22. The molecule has 1 amide bonds. The van der Waals surface area contributed by atoms with Gasteiger partial charge in [0.2, 0.25) is 5.91 Å². The van der Waals surface area contributed by atoms with E-state index in [4.69, 9.17) is 11.6 Å². The minimum Gasteiger partial charge on any atom is -0.302 e. The standard InChI is InChI=1S/C21H22ClF2N3OS2.ClH/c1-3-26(4-2)9-10-27(19(28)13-29-16-7-5-14(22)6-8-16)21-25-20-17(24)11-15(23)12-18(20)30-21;/h5-8,11-12H,3-4,9-10,13H2,1-2H3;1H. The van der Waals surface area contributed by atoms with Gasteiger partial charge in [-0.05, 0) is 43.4 Å². The van der Waals surface area contributed by atoms with Crippen LogP contribution in [0.1, 0.15) is 13.8 Å². The van der Waals surface area contributed by atoms with Gasteiger partial charge >= 0.3 is 0 Å². The first-order valence-electron chi connectivity index (χ1n) is 9.58. The van der Waals surface area contributed by atoms with Crippen molar-refractivity contribution in [2.45, 2.75) is 18.7 Å². The number of benzene rings is 2. The fourth-order valence-corrected chi connectivity index (χ4v) is 4.87. The molecular formula is C21H23Cl2F2N3OS2. The predicted molar refractivity (Wildman–Crippen MR) is 129 cm³/mol. The Balaban J connectivity index is 0.00000341. The smallest absolute Gasteiger partial charge is 0.239 e. The molecule has 3 aromatic rings. The second kappa shape index (κ2) is 12.0. The van der Waals surface area contributed by atoms with Crippen LogP contribution in [0.3, 0.4) is 0 Å². The van der Waals surface area contributed by atoms with E-state index in [0.29, 0.717) is 27.9 Å². The van der Waals surface area contributed by atoms with Crippen LogP contribution >= 0.6 is 47.1 Å². The first kappa shape index (κ1) is 25.8. The van der Waals surface area contributed by atoms with Gasteiger partial charge in [0.15, 0.2) is 10.9 Å². The van der Waals surface area contributed by atoms with Crippen molar-refractivity contribution in [3.8, 4) is 0 Å². The van der Waals surface area contributed by atoms with Gasteiger partial charge in [0.25, 0.3) is 0 Å². The summed E-state index contributed by atoms with van der Waals surface area (Å²) in [7, 11) is 0. The van der Waals surface area contributed by atoms with Crippen molar-refractivity contribution in [3.63, 3.8) is 0 Å². The normalized spacial score (nSPS) is 11.0. The molecule has 0 aliphatic rings. The maximum absolute atomic E-state index is 14.1. The minimum absolute atomic E-state index is 0. The van der Waals surface area contributed by atoms with Crippen molar-refractivity contribution in [1.82, 2.24) is 9.88 Å². The van der Waals surface area contributed by atoms with Crippen molar-refractivity contribution in [1.29, 1.82) is 0 Å². The number of thioether (sulfide) groups is 1. The van der Waals surface area contributed by atoms with Crippen LogP contribution in [-0.2, 0) is 4.79 Å². The minimum atomic E-state index is -0.723. The highest BCUT2D eigenvalue weighted by molar-refractivity contribution is 8.00. The van der Waals surface area contributed by atoms with Crippen molar-refractivity contribution in [2.75, 3.05) is 36.8 Å². The maximum Gasteiger partial charge on any atom is 0.239 e. The zero-order valence-corrected chi connectivity index (χ0v) is 20.3. The molecule has 4 nitrogen and oxygen atoms in total. The summed E-state index contributed by atoms with van der Waals surface area (Å²) in [5, 5.41) is 1.01. The molecule has 31 heavy (non-hydrogen) atoms. The average Bonchev–Trinajstić information content (AvgIpc) is 3.14. The molecule has 2 aromatic carbocycles. The third-order valence-electron chi connectivity index (χ3n) is 4.64. The number of amides is 1. The van der Waals surface area contributed by atoms with Gasteiger partial charge in [-0.1, -0.05) is 36.8 Å². The lowest BCUT2D eigenvalue weighted by molar-refractivity contribution is -0.116. The molecular weight excluding hydrogens is 483 g/mol. The molecule has 0 aliphatic heterocycles. The molecule has 1 heterocycles. The number of hydrogen-bond donors (Lipinski definition) is 0. The van der Waals surface area contributed by atoms with Crippen LogP contribution < -0.4 is 4.90 Å². The Labute approximate surface area is 200 Å². The first-order chi connectivity index (χ1) is 14.4. The number of likely N-dealkylation sites (N-methyl/N-ethyl adjacent to an activating group) is 1. The summed E-state index contributed by atoms with van der Waals surface area (Å²) in [4.78, 5) is 22.1. The predicted octanol–water partition coefficient (Wildman–Crippen LogP) is 6.12. The van der Waals surface area contributed by atoms with E-state index in [9.17, 15) is 13.6 Å². The number of nitrogens with zero attached hydrogens (tertiary/aromatic N) is 3. The number of carbonyl (C=O) groups excluding carboxylic acids is 1. The van der Waals surface area contributed by atoms with E-state index in [1.54, 1.807) is 17.0 Å². The molecule has 168 valence electrons. The second-order valence-corrected chi connectivity index (χ2v) is 9.04. The molecule has 0 atom stereocenters. The average molecular weight is 506 g/mol. The Morgan fingerprint density at radius 3 is 2.45 bits per heavy atom. The van der Waals surface area contributed by atoms with Crippen LogP contribution in [0.5, 0.6) is 0 Å². The Hall–Kier alpha value is -1.45. The third kappa shape index (κ3) is 6.76. The number of carbonyl (C=O) groups is 1. The van der Waals surface area contributed by atoms with E-state index in [1.807, 2.05) is 12.1 Å². The number of hydrogen-bond acceptors (Lipinski definition) is 5. The Kier molecular flexibility index (Phi) is 9.96. The second-order valence-electron chi connectivity index (χ2n) is 6.55. The fraction of sp³-hybridized carbons (Fsp3) is 0.333. The van der Waals surface area contributed by atoms with Gasteiger partial charge in [-0.25, -0.2) is 13.8 Å². The molecule has 0 saturated carbocycles. The van der Waals surface area contributed by atoms with E-state index < -0.39 is 11.6 Å².